The number of nitrogens with one attached hydrogen (secondary N) is 1. The van der Waals surface area contributed by atoms with Gasteiger partial charge in [0.15, 0.2) is 0 Å². The van der Waals surface area contributed by atoms with Gasteiger partial charge in [-0.25, -0.2) is 0 Å². The highest BCUT2D eigenvalue weighted by Gasteiger charge is 2.21. The van der Waals surface area contributed by atoms with Gasteiger partial charge < -0.3 is 9.84 Å². The molecule has 0 spiro atoms. The van der Waals surface area contributed by atoms with Gasteiger partial charge in [0.1, 0.15) is 0 Å². The zero-order chi connectivity index (χ0) is 16.2. The number of nitro benzene ring substituents is 1. The number of non-ortho nitro benzene ring substituents is 1. The van der Waals surface area contributed by atoms with Crippen LogP contribution in [0.2, 0.25) is 0 Å². The third-order valence-corrected chi connectivity index (χ3v) is 4.06. The summed E-state index contributed by atoms with van der Waals surface area (Å²) in [5.41, 5.74) is 0.600. The number of benzene rings is 1. The zero-order valence-corrected chi connectivity index (χ0v) is 12.9. The Morgan fingerprint density at radius 1 is 1.52 bits per heavy atom. The molecule has 1 saturated heterocycles. The molecule has 1 fully saturated rings. The maximum absolute atomic E-state index is 10.8. The number of likely N-dealkylation sites (tertiary alicyclic amines) is 1. The molecule has 0 saturated carbocycles. The average molecular weight is 317 g/mol. The van der Waals surface area contributed by atoms with Crippen molar-refractivity contribution in [2.75, 3.05) is 20.1 Å². The summed E-state index contributed by atoms with van der Waals surface area (Å²) in [6.07, 6.45) is 2.31. The third-order valence-electron chi connectivity index (χ3n) is 4.06. The van der Waals surface area contributed by atoms with Crippen molar-refractivity contribution >= 4 is 5.69 Å². The highest BCUT2D eigenvalue weighted by atomic mass is 16.6. The molecule has 122 valence electrons. The van der Waals surface area contributed by atoms with E-state index < -0.39 is 4.92 Å². The molecule has 1 atom stereocenters. The predicted octanol–water partition coefficient (Wildman–Crippen LogP) is 1.83. The van der Waals surface area contributed by atoms with Crippen molar-refractivity contribution in [1.29, 1.82) is 0 Å². The van der Waals surface area contributed by atoms with E-state index in [1.165, 1.54) is 18.6 Å². The fourth-order valence-electron chi connectivity index (χ4n) is 2.82. The van der Waals surface area contributed by atoms with Crippen molar-refractivity contribution in [2.24, 2.45) is 0 Å². The molecule has 0 bridgehead atoms. The Labute approximate surface area is 133 Å². The summed E-state index contributed by atoms with van der Waals surface area (Å²) in [5, 5.41) is 18.1. The van der Waals surface area contributed by atoms with Crippen LogP contribution in [0.4, 0.5) is 5.69 Å². The Balaban J connectivity index is 1.70. The van der Waals surface area contributed by atoms with Crippen molar-refractivity contribution in [1.82, 2.24) is 20.4 Å². The zero-order valence-electron chi connectivity index (χ0n) is 12.9. The van der Waals surface area contributed by atoms with Crippen LogP contribution in [-0.2, 0) is 6.54 Å². The van der Waals surface area contributed by atoms with Crippen LogP contribution >= 0.6 is 0 Å². The average Bonchev–Trinajstić information content (AvgIpc) is 3.03. The second-order valence-electron chi connectivity index (χ2n) is 5.68. The summed E-state index contributed by atoms with van der Waals surface area (Å²) in [6.45, 7) is 2.55. The first kappa shape index (κ1) is 15.6. The van der Waals surface area contributed by atoms with Crippen molar-refractivity contribution in [3.05, 3.63) is 40.3 Å². The quantitative estimate of drug-likeness (QED) is 0.663. The van der Waals surface area contributed by atoms with Gasteiger partial charge in [-0.05, 0) is 26.4 Å². The minimum atomic E-state index is -0.434. The molecule has 2 aromatic rings. The normalized spacial score (nSPS) is 18.9. The minimum Gasteiger partial charge on any atom is -0.338 e. The Bertz CT molecular complexity index is 687. The number of hydrogen-bond acceptors (Lipinski definition) is 7. The number of rotatable bonds is 5. The van der Waals surface area contributed by atoms with Gasteiger partial charge in [-0.15, -0.1) is 0 Å². The SMILES string of the molecule is CNC1CCCN(Cc2nc(-c3cccc([N+](=O)[O-])c3)no2)C1. The molecule has 2 heterocycles. The molecule has 3 rings (SSSR count). The van der Waals surface area contributed by atoms with Crippen molar-refractivity contribution in [2.45, 2.75) is 25.4 Å². The van der Waals surface area contributed by atoms with Crippen molar-refractivity contribution < 1.29 is 9.45 Å². The van der Waals surface area contributed by atoms with Crippen LogP contribution in [0.5, 0.6) is 0 Å². The molecular weight excluding hydrogens is 298 g/mol. The summed E-state index contributed by atoms with van der Waals surface area (Å²) in [7, 11) is 1.97. The van der Waals surface area contributed by atoms with Crippen LogP contribution in [0.3, 0.4) is 0 Å². The van der Waals surface area contributed by atoms with Crippen LogP contribution in [0.1, 0.15) is 18.7 Å². The molecule has 1 aliphatic rings. The van der Waals surface area contributed by atoms with E-state index >= 15 is 0 Å². The molecule has 1 aromatic heterocycles. The Morgan fingerprint density at radius 2 is 2.39 bits per heavy atom. The van der Waals surface area contributed by atoms with Gasteiger partial charge in [0, 0.05) is 30.3 Å². The molecule has 8 heteroatoms. The molecule has 23 heavy (non-hydrogen) atoms. The number of hydrogen-bond donors (Lipinski definition) is 1. The Kier molecular flexibility index (Phi) is 4.63. The van der Waals surface area contributed by atoms with Crippen LogP contribution in [-0.4, -0.2) is 46.1 Å². The second-order valence-corrected chi connectivity index (χ2v) is 5.68. The monoisotopic (exact) mass is 317 g/mol. The highest BCUT2D eigenvalue weighted by Crippen LogP contribution is 2.22. The van der Waals surface area contributed by atoms with Crippen molar-refractivity contribution in [3.8, 4) is 11.4 Å². The lowest BCUT2D eigenvalue weighted by molar-refractivity contribution is -0.384. The van der Waals surface area contributed by atoms with E-state index in [2.05, 4.69) is 20.4 Å². The lowest BCUT2D eigenvalue weighted by Crippen LogP contribution is -2.43. The maximum atomic E-state index is 10.8. The number of piperidine rings is 1. The summed E-state index contributed by atoms with van der Waals surface area (Å²) in [5.74, 6) is 0.911. The Hall–Kier alpha value is -2.32. The van der Waals surface area contributed by atoms with Crippen molar-refractivity contribution in [3.63, 3.8) is 0 Å². The summed E-state index contributed by atoms with van der Waals surface area (Å²) >= 11 is 0. The van der Waals surface area contributed by atoms with E-state index in [0.29, 0.717) is 29.9 Å². The third kappa shape index (κ3) is 3.72. The fourth-order valence-corrected chi connectivity index (χ4v) is 2.82. The number of aromatic nitrogens is 2. The first-order valence-corrected chi connectivity index (χ1v) is 7.63. The van der Waals surface area contributed by atoms with Gasteiger partial charge in [0.05, 0.1) is 11.5 Å². The van der Waals surface area contributed by atoms with Gasteiger partial charge in [-0.1, -0.05) is 17.3 Å². The first-order valence-electron chi connectivity index (χ1n) is 7.63. The molecule has 8 nitrogen and oxygen atoms in total. The predicted molar refractivity (Wildman–Crippen MR) is 83.7 cm³/mol. The topological polar surface area (TPSA) is 97.3 Å². The number of likely N-dealkylation sites (N-methyl/N-ethyl adjacent to an activating group) is 1. The molecule has 0 aliphatic carbocycles. The standard InChI is InChI=1S/C15H19N5O3/c1-16-12-5-3-7-19(9-12)10-14-17-15(18-23-14)11-4-2-6-13(8-11)20(21)22/h2,4,6,8,12,16H,3,5,7,9-10H2,1H3. The molecule has 0 radical (unpaired) electrons. The number of nitrogens with zero attached hydrogens (tertiary/aromatic N) is 4. The van der Waals surface area contributed by atoms with E-state index in [4.69, 9.17) is 4.52 Å². The van der Waals surface area contributed by atoms with Gasteiger partial charge in [0.2, 0.25) is 11.7 Å². The maximum Gasteiger partial charge on any atom is 0.270 e. The van der Waals surface area contributed by atoms with Crippen LogP contribution in [0.25, 0.3) is 11.4 Å². The minimum absolute atomic E-state index is 0.0155. The highest BCUT2D eigenvalue weighted by molar-refractivity contribution is 5.58. The summed E-state index contributed by atoms with van der Waals surface area (Å²) in [6, 6.07) is 6.73. The second kappa shape index (κ2) is 6.84. The summed E-state index contributed by atoms with van der Waals surface area (Å²) < 4.78 is 5.30. The smallest absolute Gasteiger partial charge is 0.270 e. The summed E-state index contributed by atoms with van der Waals surface area (Å²) in [4.78, 5) is 17.0. The first-order chi connectivity index (χ1) is 11.2. The van der Waals surface area contributed by atoms with Gasteiger partial charge in [-0.3, -0.25) is 15.0 Å². The van der Waals surface area contributed by atoms with E-state index in [9.17, 15) is 10.1 Å². The van der Waals surface area contributed by atoms with Gasteiger partial charge in [0.25, 0.3) is 5.69 Å². The Morgan fingerprint density at radius 3 is 3.17 bits per heavy atom. The number of nitro groups is 1. The lowest BCUT2D eigenvalue weighted by Gasteiger charge is -2.31. The molecule has 0 amide bonds. The van der Waals surface area contributed by atoms with E-state index in [-0.39, 0.29) is 5.69 Å². The fraction of sp³-hybridized carbons (Fsp3) is 0.467. The molecule has 1 unspecified atom stereocenters. The van der Waals surface area contributed by atoms with Gasteiger partial charge in [-0.2, -0.15) is 4.98 Å². The largest absolute Gasteiger partial charge is 0.338 e. The van der Waals surface area contributed by atoms with Crippen LogP contribution < -0.4 is 5.32 Å². The molecule has 1 aromatic carbocycles. The van der Waals surface area contributed by atoms with Gasteiger partial charge >= 0.3 is 0 Å². The van der Waals surface area contributed by atoms with Crippen LogP contribution in [0, 0.1) is 10.1 Å². The molecule has 1 N–H and O–H groups in total. The van der Waals surface area contributed by atoms with Crippen LogP contribution in [0.15, 0.2) is 28.8 Å². The lowest BCUT2D eigenvalue weighted by atomic mass is 10.1. The molecular formula is C15H19N5O3. The van der Waals surface area contributed by atoms with E-state index in [1.807, 2.05) is 7.05 Å². The van der Waals surface area contributed by atoms with E-state index in [1.54, 1.807) is 12.1 Å². The van der Waals surface area contributed by atoms with E-state index in [0.717, 1.165) is 19.5 Å². The molecule has 1 aliphatic heterocycles.